The van der Waals surface area contributed by atoms with Crippen molar-refractivity contribution < 1.29 is 48.3 Å². The maximum Gasteiger partial charge on any atom is 0.344 e. The fourth-order valence-corrected chi connectivity index (χ4v) is 14.9. The van der Waals surface area contributed by atoms with Gasteiger partial charge < -0.3 is 43.8 Å². The minimum atomic E-state index is -2.38. The number of aromatic amines is 1. The van der Waals surface area contributed by atoms with Gasteiger partial charge in [-0.05, 0) is 87.1 Å². The van der Waals surface area contributed by atoms with Crippen molar-refractivity contribution in [2.75, 3.05) is 65.7 Å². The number of aromatic nitrogens is 1. The molecule has 1 unspecified atom stereocenters. The molecule has 1 aromatic heterocycles. The molecule has 14 heteroatoms. The van der Waals surface area contributed by atoms with E-state index >= 15 is 4.79 Å². The van der Waals surface area contributed by atoms with Gasteiger partial charge in [0.2, 0.25) is 5.60 Å². The molecule has 2 bridgehead atoms. The van der Waals surface area contributed by atoms with Crippen molar-refractivity contribution in [3.63, 3.8) is 0 Å². The van der Waals surface area contributed by atoms with Gasteiger partial charge in [0.05, 0.1) is 39.1 Å². The lowest BCUT2D eigenvalue weighted by molar-refractivity contribution is -0.229. The van der Waals surface area contributed by atoms with E-state index in [1.807, 2.05) is 43.0 Å². The molecule has 2 aliphatic carbocycles. The second kappa shape index (κ2) is 16.6. The first kappa shape index (κ1) is 45.3. The second-order valence-electron chi connectivity index (χ2n) is 20.6. The van der Waals surface area contributed by atoms with E-state index in [2.05, 4.69) is 39.1 Å². The molecular formula is C52H68N4O10. The Labute approximate surface area is 387 Å². The van der Waals surface area contributed by atoms with Gasteiger partial charge in [0, 0.05) is 83.9 Å². The number of carbonyl (C=O) groups is 3. The lowest BCUT2D eigenvalue weighted by Crippen LogP contribution is -2.81. The van der Waals surface area contributed by atoms with Crippen LogP contribution in [0, 0.1) is 11.3 Å². The molecule has 10 atom stereocenters. The number of anilines is 1. The van der Waals surface area contributed by atoms with Crippen molar-refractivity contribution in [3.05, 3.63) is 70.9 Å². The molecule has 2 saturated carbocycles. The van der Waals surface area contributed by atoms with Crippen molar-refractivity contribution in [1.82, 2.24) is 14.8 Å². The highest BCUT2D eigenvalue weighted by molar-refractivity contribution is 5.95. The average molecular weight is 909 g/mol. The van der Waals surface area contributed by atoms with Gasteiger partial charge in [0.15, 0.2) is 6.10 Å². The van der Waals surface area contributed by atoms with Crippen LogP contribution in [0.5, 0.6) is 5.75 Å². The molecular weight excluding hydrogens is 841 g/mol. The fraction of sp³-hybridized carbons (Fsp3) is 0.635. The van der Waals surface area contributed by atoms with Crippen LogP contribution in [-0.4, -0.2) is 139 Å². The van der Waals surface area contributed by atoms with E-state index in [0.717, 1.165) is 59.8 Å². The van der Waals surface area contributed by atoms with Gasteiger partial charge in [-0.2, -0.15) is 0 Å². The number of aliphatic hydroxyl groups is 2. The Balaban J connectivity index is 1.28. The summed E-state index contributed by atoms with van der Waals surface area (Å²) in [6.07, 6.45) is 10.8. The average Bonchev–Trinajstić information content (AvgIpc) is 4.00. The Morgan fingerprint density at radius 2 is 1.68 bits per heavy atom. The summed E-state index contributed by atoms with van der Waals surface area (Å²) in [5, 5.41) is 26.9. The third kappa shape index (κ3) is 6.40. The normalized spacial score (nSPS) is 36.0. The van der Waals surface area contributed by atoms with Gasteiger partial charge in [0.1, 0.15) is 17.9 Å². The zero-order valence-corrected chi connectivity index (χ0v) is 39.5. The topological polar surface area (TPSA) is 163 Å². The molecule has 5 aliphatic heterocycles. The van der Waals surface area contributed by atoms with Crippen molar-refractivity contribution in [2.45, 2.75) is 138 Å². The monoisotopic (exact) mass is 908 g/mol. The summed E-state index contributed by atoms with van der Waals surface area (Å²) in [6.45, 7) is 8.63. The second-order valence-corrected chi connectivity index (χ2v) is 20.6. The third-order valence-electron chi connectivity index (χ3n) is 17.5. The summed E-state index contributed by atoms with van der Waals surface area (Å²) in [4.78, 5) is 54.3. The maximum atomic E-state index is 15.6. The molecule has 0 amide bonds. The smallest absolute Gasteiger partial charge is 0.344 e. The van der Waals surface area contributed by atoms with Crippen molar-refractivity contribution in [3.8, 4) is 5.75 Å². The summed E-state index contributed by atoms with van der Waals surface area (Å²) in [6, 6.07) is 10.9. The van der Waals surface area contributed by atoms with Crippen LogP contribution in [-0.2, 0) is 50.6 Å². The molecule has 3 N–H and O–H groups in total. The highest BCUT2D eigenvalue weighted by atomic mass is 16.6. The van der Waals surface area contributed by atoms with Gasteiger partial charge in [-0.15, -0.1) is 0 Å². The molecule has 66 heavy (non-hydrogen) atoms. The van der Waals surface area contributed by atoms with Crippen molar-refractivity contribution in [2.24, 2.45) is 11.3 Å². The quantitative estimate of drug-likeness (QED) is 0.130. The van der Waals surface area contributed by atoms with Gasteiger partial charge in [-0.1, -0.05) is 63.5 Å². The van der Waals surface area contributed by atoms with E-state index in [9.17, 15) is 19.8 Å². The van der Waals surface area contributed by atoms with E-state index in [4.69, 9.17) is 23.7 Å². The lowest BCUT2D eigenvalue weighted by atomic mass is 9.47. The number of esters is 3. The van der Waals surface area contributed by atoms with Crippen LogP contribution in [0.1, 0.15) is 107 Å². The van der Waals surface area contributed by atoms with Gasteiger partial charge in [-0.25, -0.2) is 4.79 Å². The molecule has 10 rings (SSSR count). The summed E-state index contributed by atoms with van der Waals surface area (Å²) < 4.78 is 31.3. The van der Waals surface area contributed by atoms with Crippen LogP contribution in [0.2, 0.25) is 0 Å². The lowest BCUT2D eigenvalue weighted by Gasteiger charge is -2.63. The summed E-state index contributed by atoms with van der Waals surface area (Å²) in [5.41, 5.74) is -1.96. The predicted octanol–water partition coefficient (Wildman–Crippen LogP) is 5.67. The molecule has 356 valence electrons. The number of hydrogen-bond donors (Lipinski definition) is 3. The Morgan fingerprint density at radius 3 is 2.39 bits per heavy atom. The number of hydrogen-bond acceptors (Lipinski definition) is 13. The van der Waals surface area contributed by atoms with Crippen LogP contribution in [0.15, 0.2) is 48.6 Å². The van der Waals surface area contributed by atoms with Crippen LogP contribution in [0.25, 0.3) is 10.9 Å². The zero-order chi connectivity index (χ0) is 46.4. The van der Waals surface area contributed by atoms with Crippen molar-refractivity contribution in [1.29, 1.82) is 0 Å². The van der Waals surface area contributed by atoms with Gasteiger partial charge in [-0.3, -0.25) is 19.4 Å². The molecule has 4 fully saturated rings. The van der Waals surface area contributed by atoms with E-state index in [1.165, 1.54) is 21.1 Å². The van der Waals surface area contributed by atoms with Crippen LogP contribution < -0.4 is 9.64 Å². The minimum Gasteiger partial charge on any atom is -0.496 e. The molecule has 2 saturated heterocycles. The molecule has 3 aromatic rings. The van der Waals surface area contributed by atoms with Crippen LogP contribution >= 0.6 is 0 Å². The van der Waals surface area contributed by atoms with Crippen molar-refractivity contribution >= 4 is 34.5 Å². The number of nitrogens with one attached hydrogen (secondary N) is 1. The van der Waals surface area contributed by atoms with E-state index in [0.29, 0.717) is 88.2 Å². The SMILES string of the molecule is CC[C@]1(O)C[C@@H]2CN(CCc3c([nH]c4ccccc34)[C@@](C(=O)OC)(c3cc4c(cc3OC)N(COC3CCCCC3)[C@H]3[C@@](O)(C(=O)OC)[C@H](OC(C)=O)[C@]5(CC)C=CCN6CC[C@]43[C@@H]65)C2)C1. The number of carbonyl (C=O) groups excluding carboxylic acids is 3. The Bertz CT molecular complexity index is 2430. The number of para-hydroxylation sites is 1. The number of piperidine rings is 1. The highest BCUT2D eigenvalue weighted by Gasteiger charge is 2.81. The molecule has 14 nitrogen and oxygen atoms in total. The molecule has 0 radical (unpaired) electrons. The molecule has 1 spiro atoms. The number of H-pyrrole nitrogens is 1. The molecule has 2 aromatic carbocycles. The number of nitrogens with zero attached hydrogens (tertiary/aromatic N) is 3. The number of fused-ring (bicyclic) bond motifs is 6. The van der Waals surface area contributed by atoms with Crippen LogP contribution in [0.3, 0.4) is 0 Å². The minimum absolute atomic E-state index is 0.0230. The third-order valence-corrected chi connectivity index (χ3v) is 17.5. The van der Waals surface area contributed by atoms with Gasteiger partial charge >= 0.3 is 17.9 Å². The summed E-state index contributed by atoms with van der Waals surface area (Å²) in [7, 11) is 4.33. The Kier molecular flexibility index (Phi) is 11.4. The van der Waals surface area contributed by atoms with E-state index in [1.54, 1.807) is 7.11 Å². The first-order chi connectivity index (χ1) is 31.8. The fourth-order valence-electron chi connectivity index (χ4n) is 14.9. The first-order valence-corrected chi connectivity index (χ1v) is 24.4. The first-order valence-electron chi connectivity index (χ1n) is 24.4. The number of methoxy groups -OCH3 is 3. The standard InChI is InChI=1S/C52H68N4O10/c1-7-48(60)27-33-28-51(46(58)63-5,42-36(19-23-54(29-33)30-48)35-17-12-13-18-39(35)53-42)38-25-37-40(26-41(38)62-4)56(31-65-34-15-10-9-11-16-34)44-50(37)21-24-55-22-14-20-49(8-2,43(50)55)45(66-32(3)57)52(44,61)47(59)64-6/h12-14,17-18,20,25-26,33-34,43-45,53,60-61H,7-11,15-16,19,21-24,27-31H2,1-6H3/t33-,43-,44+,45+,48-,49+,50+,51-,52-/m0/s1. The zero-order valence-electron chi connectivity index (χ0n) is 39.5. The Hall–Kier alpha value is -4.47. The largest absolute Gasteiger partial charge is 0.496 e. The summed E-state index contributed by atoms with van der Waals surface area (Å²) in [5.74, 6) is -1.62. The van der Waals surface area contributed by atoms with Crippen LogP contribution in [0.4, 0.5) is 5.69 Å². The number of benzene rings is 2. The highest BCUT2D eigenvalue weighted by Crippen LogP contribution is 2.68. The molecule has 7 aliphatic rings. The molecule has 6 heterocycles. The Morgan fingerprint density at radius 1 is 0.909 bits per heavy atom. The van der Waals surface area contributed by atoms with Gasteiger partial charge in [0.25, 0.3) is 0 Å². The van der Waals surface area contributed by atoms with E-state index in [-0.39, 0.29) is 24.8 Å². The predicted molar refractivity (Wildman–Crippen MR) is 247 cm³/mol. The summed E-state index contributed by atoms with van der Waals surface area (Å²) >= 11 is 0. The maximum absolute atomic E-state index is 15.6. The number of rotatable bonds is 10. The number of ether oxygens (including phenoxy) is 5. The van der Waals surface area contributed by atoms with E-state index < -0.39 is 57.5 Å².